The molecule has 2 atom stereocenters. The van der Waals surface area contributed by atoms with E-state index in [4.69, 9.17) is 4.74 Å². The highest BCUT2D eigenvalue weighted by molar-refractivity contribution is 7.10. The Kier molecular flexibility index (Phi) is 8.18. The number of nitrogens with zero attached hydrogens (tertiary/aromatic N) is 2. The van der Waals surface area contributed by atoms with E-state index >= 15 is 0 Å². The standard InChI is InChI=1S/C28H31FN2O3S/c1-3-20(2)31(27(32)17-21-9-5-4-6-10-21)18-28(33)30-15-13-26-22(14-16-35-26)24(30)19-34-25-12-8-7-11-23(25)29/h4-12,14,16,20,24H,3,13,15,17-19H2,1-2H3/t20-,24-/m1/s1. The Morgan fingerprint density at radius 1 is 1.14 bits per heavy atom. The summed E-state index contributed by atoms with van der Waals surface area (Å²) in [7, 11) is 0. The third-order valence-electron chi connectivity index (χ3n) is 6.60. The number of carbonyl (C=O) groups is 2. The Morgan fingerprint density at radius 3 is 2.63 bits per heavy atom. The maximum absolute atomic E-state index is 14.2. The van der Waals surface area contributed by atoms with Crippen molar-refractivity contribution in [1.29, 1.82) is 0 Å². The van der Waals surface area contributed by atoms with Crippen molar-refractivity contribution in [3.05, 3.63) is 87.9 Å². The summed E-state index contributed by atoms with van der Waals surface area (Å²) in [6, 6.07) is 17.5. The molecule has 5 nitrogen and oxygen atoms in total. The minimum atomic E-state index is -0.429. The van der Waals surface area contributed by atoms with Gasteiger partial charge in [0.1, 0.15) is 13.2 Å². The molecular weight excluding hydrogens is 463 g/mol. The molecule has 2 heterocycles. The summed E-state index contributed by atoms with van der Waals surface area (Å²) < 4.78 is 20.0. The van der Waals surface area contributed by atoms with Gasteiger partial charge in [0.15, 0.2) is 11.6 Å². The molecule has 0 saturated carbocycles. The largest absolute Gasteiger partial charge is 0.488 e. The number of para-hydroxylation sites is 1. The van der Waals surface area contributed by atoms with Crippen LogP contribution in [-0.2, 0) is 22.4 Å². The maximum atomic E-state index is 14.2. The van der Waals surface area contributed by atoms with Crippen molar-refractivity contribution >= 4 is 23.2 Å². The Hall–Kier alpha value is -3.19. The first kappa shape index (κ1) is 24.9. The fourth-order valence-electron chi connectivity index (χ4n) is 4.42. The highest BCUT2D eigenvalue weighted by Crippen LogP contribution is 2.34. The number of rotatable bonds is 9. The van der Waals surface area contributed by atoms with Crippen molar-refractivity contribution in [1.82, 2.24) is 9.80 Å². The third kappa shape index (κ3) is 5.90. The van der Waals surface area contributed by atoms with Gasteiger partial charge < -0.3 is 14.5 Å². The van der Waals surface area contributed by atoms with E-state index in [9.17, 15) is 14.0 Å². The summed E-state index contributed by atoms with van der Waals surface area (Å²) in [6.45, 7) is 4.69. The van der Waals surface area contributed by atoms with Gasteiger partial charge in [-0.3, -0.25) is 9.59 Å². The van der Waals surface area contributed by atoms with E-state index in [0.29, 0.717) is 6.54 Å². The van der Waals surface area contributed by atoms with Crippen LogP contribution in [0.4, 0.5) is 4.39 Å². The number of hydrogen-bond acceptors (Lipinski definition) is 4. The van der Waals surface area contributed by atoms with Crippen molar-refractivity contribution in [2.45, 2.75) is 45.2 Å². The predicted molar refractivity (Wildman–Crippen MR) is 136 cm³/mol. The summed E-state index contributed by atoms with van der Waals surface area (Å²) in [5.41, 5.74) is 1.96. The van der Waals surface area contributed by atoms with Gasteiger partial charge in [-0.05, 0) is 54.5 Å². The topological polar surface area (TPSA) is 49.9 Å². The quantitative estimate of drug-likeness (QED) is 0.408. The van der Waals surface area contributed by atoms with E-state index in [1.165, 1.54) is 10.9 Å². The maximum Gasteiger partial charge on any atom is 0.242 e. The number of halogens is 1. The third-order valence-corrected chi connectivity index (χ3v) is 7.59. The molecule has 7 heteroatoms. The highest BCUT2D eigenvalue weighted by atomic mass is 32.1. The van der Waals surface area contributed by atoms with Crippen LogP contribution in [0.1, 0.15) is 42.3 Å². The number of ether oxygens (including phenoxy) is 1. The average molecular weight is 495 g/mol. The molecule has 0 N–H and O–H groups in total. The van der Waals surface area contributed by atoms with E-state index < -0.39 is 5.82 Å². The van der Waals surface area contributed by atoms with Crippen molar-refractivity contribution in [3.63, 3.8) is 0 Å². The molecule has 1 aliphatic rings. The zero-order chi connectivity index (χ0) is 24.8. The fourth-order valence-corrected chi connectivity index (χ4v) is 5.35. The highest BCUT2D eigenvalue weighted by Gasteiger charge is 2.34. The zero-order valence-corrected chi connectivity index (χ0v) is 21.0. The van der Waals surface area contributed by atoms with Crippen molar-refractivity contribution in [3.8, 4) is 5.75 Å². The lowest BCUT2D eigenvalue weighted by Gasteiger charge is -2.38. The van der Waals surface area contributed by atoms with E-state index in [-0.39, 0.29) is 49.2 Å². The number of benzene rings is 2. The van der Waals surface area contributed by atoms with E-state index in [1.807, 2.05) is 55.6 Å². The van der Waals surface area contributed by atoms with Gasteiger partial charge in [0, 0.05) is 17.5 Å². The van der Waals surface area contributed by atoms with Crippen LogP contribution in [0.5, 0.6) is 5.75 Å². The molecule has 0 aliphatic carbocycles. The monoisotopic (exact) mass is 494 g/mol. The SMILES string of the molecule is CC[C@@H](C)N(CC(=O)N1CCc2sccc2[C@H]1COc1ccccc1F)C(=O)Cc1ccccc1. The molecule has 35 heavy (non-hydrogen) atoms. The molecule has 2 aromatic carbocycles. The fraction of sp³-hybridized carbons (Fsp3) is 0.357. The lowest BCUT2D eigenvalue weighted by molar-refractivity contribution is -0.144. The minimum absolute atomic E-state index is 0.0103. The Balaban J connectivity index is 1.51. The van der Waals surface area contributed by atoms with Gasteiger partial charge in [-0.2, -0.15) is 0 Å². The zero-order valence-electron chi connectivity index (χ0n) is 20.2. The molecule has 0 bridgehead atoms. The van der Waals surface area contributed by atoms with E-state index in [0.717, 1.165) is 24.0 Å². The molecule has 1 aromatic heterocycles. The van der Waals surface area contributed by atoms with Crippen LogP contribution in [0.2, 0.25) is 0 Å². The van der Waals surface area contributed by atoms with Gasteiger partial charge in [-0.25, -0.2) is 4.39 Å². The lowest BCUT2D eigenvalue weighted by Crippen LogP contribution is -2.50. The molecule has 0 fully saturated rings. The molecule has 0 radical (unpaired) electrons. The Labute approximate surface area is 210 Å². The second-order valence-electron chi connectivity index (χ2n) is 8.83. The first-order valence-corrected chi connectivity index (χ1v) is 12.9. The van der Waals surface area contributed by atoms with Gasteiger partial charge >= 0.3 is 0 Å². The smallest absolute Gasteiger partial charge is 0.242 e. The van der Waals surface area contributed by atoms with Crippen LogP contribution in [0.15, 0.2) is 66.0 Å². The molecule has 3 aromatic rings. The first-order valence-electron chi connectivity index (χ1n) is 12.0. The van der Waals surface area contributed by atoms with Crippen LogP contribution in [0.25, 0.3) is 0 Å². The van der Waals surface area contributed by atoms with Gasteiger partial charge in [0.2, 0.25) is 11.8 Å². The molecule has 0 unspecified atom stereocenters. The van der Waals surface area contributed by atoms with Crippen LogP contribution in [-0.4, -0.2) is 47.4 Å². The normalized spacial score (nSPS) is 15.9. The molecule has 184 valence electrons. The van der Waals surface area contributed by atoms with E-state index in [2.05, 4.69) is 0 Å². The molecule has 0 spiro atoms. The molecule has 1 aliphatic heterocycles. The number of amides is 2. The summed E-state index contributed by atoms with van der Waals surface area (Å²) in [5, 5.41) is 2.02. The van der Waals surface area contributed by atoms with Gasteiger partial charge in [0.05, 0.1) is 12.5 Å². The molecular formula is C28H31FN2O3S. The van der Waals surface area contributed by atoms with Crippen molar-refractivity contribution < 1.29 is 18.7 Å². The predicted octanol–water partition coefficient (Wildman–Crippen LogP) is 5.26. The summed E-state index contributed by atoms with van der Waals surface area (Å²) >= 11 is 1.66. The summed E-state index contributed by atoms with van der Waals surface area (Å²) in [6.07, 6.45) is 1.77. The van der Waals surface area contributed by atoms with Crippen molar-refractivity contribution in [2.24, 2.45) is 0 Å². The second kappa shape index (κ2) is 11.5. The Bertz CT molecular complexity index is 1150. The van der Waals surface area contributed by atoms with Gasteiger partial charge in [-0.15, -0.1) is 11.3 Å². The van der Waals surface area contributed by atoms with E-state index in [1.54, 1.807) is 39.3 Å². The summed E-state index contributed by atoms with van der Waals surface area (Å²) in [5.74, 6) is -0.445. The number of thiophene rings is 1. The van der Waals surface area contributed by atoms with Crippen LogP contribution < -0.4 is 4.74 Å². The summed E-state index contributed by atoms with van der Waals surface area (Å²) in [4.78, 5) is 31.5. The number of hydrogen-bond donors (Lipinski definition) is 0. The molecule has 0 saturated heterocycles. The molecule has 2 amide bonds. The second-order valence-corrected chi connectivity index (χ2v) is 9.84. The van der Waals surface area contributed by atoms with Crippen molar-refractivity contribution in [2.75, 3.05) is 19.7 Å². The Morgan fingerprint density at radius 2 is 1.89 bits per heavy atom. The van der Waals surface area contributed by atoms with Gasteiger partial charge in [-0.1, -0.05) is 49.4 Å². The van der Waals surface area contributed by atoms with Crippen LogP contribution >= 0.6 is 11.3 Å². The molecule has 4 rings (SSSR count). The van der Waals surface area contributed by atoms with Gasteiger partial charge in [0.25, 0.3) is 0 Å². The lowest BCUT2D eigenvalue weighted by atomic mass is 10.00. The first-order chi connectivity index (χ1) is 17.0. The van der Waals surface area contributed by atoms with Crippen LogP contribution in [0.3, 0.4) is 0 Å². The van der Waals surface area contributed by atoms with Crippen LogP contribution in [0, 0.1) is 5.82 Å². The average Bonchev–Trinajstić information content (AvgIpc) is 3.36. The number of carbonyl (C=O) groups excluding carboxylic acids is 2. The minimum Gasteiger partial charge on any atom is -0.488 e. The number of fused-ring (bicyclic) bond motifs is 1.